The fraction of sp³-hybridized carbons (Fsp3) is 0.0952. The summed E-state index contributed by atoms with van der Waals surface area (Å²) in [4.78, 5) is 11.3. The maximum absolute atomic E-state index is 13.1. The zero-order chi connectivity index (χ0) is 17.8. The molecule has 0 radical (unpaired) electrons. The summed E-state index contributed by atoms with van der Waals surface area (Å²) in [6, 6.07) is 17.4. The van der Waals surface area contributed by atoms with E-state index in [1.54, 1.807) is 42.5 Å². The monoisotopic (exact) mass is 338 g/mol. The Bertz CT molecular complexity index is 885. The molecule has 0 spiro atoms. The van der Waals surface area contributed by atoms with Gasteiger partial charge in [0.25, 0.3) is 0 Å². The van der Waals surface area contributed by atoms with E-state index in [0.29, 0.717) is 12.8 Å². The van der Waals surface area contributed by atoms with Crippen molar-refractivity contribution in [1.29, 1.82) is 0 Å². The van der Waals surface area contributed by atoms with Crippen LogP contribution in [-0.4, -0.2) is 11.1 Å². The molecule has 0 atom stereocenters. The maximum Gasteiger partial charge on any atom is 0.335 e. The van der Waals surface area contributed by atoms with Gasteiger partial charge in [-0.3, -0.25) is 0 Å². The van der Waals surface area contributed by atoms with Crippen molar-refractivity contribution >= 4 is 5.97 Å². The molecule has 1 N–H and O–H groups in total. The van der Waals surface area contributed by atoms with Gasteiger partial charge in [0.2, 0.25) is 0 Å². The topological polar surface area (TPSA) is 37.3 Å². The van der Waals surface area contributed by atoms with E-state index < -0.39 is 5.97 Å². The van der Waals surface area contributed by atoms with E-state index in [2.05, 4.69) is 0 Å². The highest BCUT2D eigenvalue weighted by Gasteiger charge is 2.10. The van der Waals surface area contributed by atoms with Crippen molar-refractivity contribution in [3.63, 3.8) is 0 Å². The largest absolute Gasteiger partial charge is 0.478 e. The molecule has 0 amide bonds. The number of carboxylic acids is 1. The van der Waals surface area contributed by atoms with Crippen molar-refractivity contribution in [2.75, 3.05) is 0 Å². The van der Waals surface area contributed by atoms with E-state index in [0.717, 1.165) is 22.3 Å². The van der Waals surface area contributed by atoms with Crippen LogP contribution >= 0.6 is 0 Å². The molecule has 0 saturated heterocycles. The van der Waals surface area contributed by atoms with Gasteiger partial charge < -0.3 is 5.11 Å². The zero-order valence-corrected chi connectivity index (χ0v) is 13.4. The smallest absolute Gasteiger partial charge is 0.335 e. The Morgan fingerprint density at radius 3 is 1.68 bits per heavy atom. The molecule has 0 aliphatic rings. The Morgan fingerprint density at radius 2 is 1.20 bits per heavy atom. The average Bonchev–Trinajstić information content (AvgIpc) is 2.60. The van der Waals surface area contributed by atoms with Crippen LogP contribution in [0.5, 0.6) is 0 Å². The molecule has 0 heterocycles. The van der Waals surface area contributed by atoms with Gasteiger partial charge >= 0.3 is 5.97 Å². The highest BCUT2D eigenvalue weighted by Crippen LogP contribution is 2.21. The number of benzene rings is 3. The van der Waals surface area contributed by atoms with E-state index in [1.807, 2.05) is 0 Å². The molecule has 3 aromatic carbocycles. The van der Waals surface area contributed by atoms with Crippen LogP contribution in [0.1, 0.15) is 32.6 Å². The van der Waals surface area contributed by atoms with Gasteiger partial charge in [0.15, 0.2) is 0 Å². The summed E-state index contributed by atoms with van der Waals surface area (Å²) in [6.45, 7) is 0. The molecule has 0 aliphatic heterocycles. The van der Waals surface area contributed by atoms with E-state index in [1.165, 1.54) is 24.3 Å². The van der Waals surface area contributed by atoms with Crippen LogP contribution in [0.4, 0.5) is 8.78 Å². The number of carboxylic acid groups (broad SMARTS) is 1. The summed E-state index contributed by atoms with van der Waals surface area (Å²) in [5, 5.41) is 9.23. The van der Waals surface area contributed by atoms with Gasteiger partial charge in [-0.25, -0.2) is 13.6 Å². The second-order valence-electron chi connectivity index (χ2n) is 5.90. The number of carbonyl (C=O) groups is 1. The highest BCUT2D eigenvalue weighted by molar-refractivity contribution is 5.88. The number of rotatable bonds is 5. The third-order valence-electron chi connectivity index (χ3n) is 4.07. The predicted molar refractivity (Wildman–Crippen MR) is 91.8 cm³/mol. The van der Waals surface area contributed by atoms with Gasteiger partial charge in [-0.15, -0.1) is 0 Å². The van der Waals surface area contributed by atoms with Crippen molar-refractivity contribution in [2.45, 2.75) is 12.8 Å². The molecule has 0 fully saturated rings. The molecule has 0 bridgehead atoms. The van der Waals surface area contributed by atoms with Gasteiger partial charge in [0.05, 0.1) is 5.56 Å². The lowest BCUT2D eigenvalue weighted by atomic mass is 9.93. The van der Waals surface area contributed by atoms with Crippen LogP contribution in [0.2, 0.25) is 0 Å². The molecule has 4 heteroatoms. The molecule has 0 aromatic heterocycles. The zero-order valence-electron chi connectivity index (χ0n) is 13.4. The summed E-state index contributed by atoms with van der Waals surface area (Å²) in [7, 11) is 0. The van der Waals surface area contributed by atoms with Crippen molar-refractivity contribution in [1.82, 2.24) is 0 Å². The van der Waals surface area contributed by atoms with Crippen LogP contribution in [0, 0.1) is 11.6 Å². The number of aromatic carboxylic acids is 1. The third-order valence-corrected chi connectivity index (χ3v) is 4.07. The Balaban J connectivity index is 1.94. The first-order valence-corrected chi connectivity index (χ1v) is 7.85. The second-order valence-corrected chi connectivity index (χ2v) is 5.90. The van der Waals surface area contributed by atoms with Crippen LogP contribution in [-0.2, 0) is 12.8 Å². The van der Waals surface area contributed by atoms with E-state index in [-0.39, 0.29) is 17.2 Å². The standard InChI is InChI=1S/C21H16F2O2/c22-19-7-1-14(2-8-19)11-16-5-6-17(21(24)25)13-18(16)12-15-3-9-20(23)10-4-15/h1-10,13H,11-12H2,(H,24,25). The Hall–Kier alpha value is -3.01. The van der Waals surface area contributed by atoms with Crippen molar-refractivity contribution in [3.8, 4) is 0 Å². The SMILES string of the molecule is O=C(O)c1ccc(Cc2ccc(F)cc2)c(Cc2ccc(F)cc2)c1. The first-order chi connectivity index (χ1) is 12.0. The summed E-state index contributed by atoms with van der Waals surface area (Å²) >= 11 is 0. The number of hydrogen-bond donors (Lipinski definition) is 1. The maximum atomic E-state index is 13.1. The lowest BCUT2D eigenvalue weighted by Gasteiger charge is -2.12. The van der Waals surface area contributed by atoms with Crippen LogP contribution in [0.15, 0.2) is 66.7 Å². The molecule has 3 aromatic rings. The lowest BCUT2D eigenvalue weighted by molar-refractivity contribution is 0.0696. The molecule has 2 nitrogen and oxygen atoms in total. The quantitative estimate of drug-likeness (QED) is 0.722. The van der Waals surface area contributed by atoms with E-state index >= 15 is 0 Å². The van der Waals surface area contributed by atoms with E-state index in [4.69, 9.17) is 0 Å². The first-order valence-electron chi connectivity index (χ1n) is 7.85. The summed E-state index contributed by atoms with van der Waals surface area (Å²) in [5.41, 5.74) is 3.85. The second kappa shape index (κ2) is 7.26. The fourth-order valence-corrected chi connectivity index (χ4v) is 2.74. The predicted octanol–water partition coefficient (Wildman–Crippen LogP) is 4.84. The van der Waals surface area contributed by atoms with Crippen molar-refractivity contribution in [3.05, 3.63) is 106 Å². The molecule has 0 unspecified atom stereocenters. The van der Waals surface area contributed by atoms with Crippen LogP contribution < -0.4 is 0 Å². The minimum Gasteiger partial charge on any atom is -0.478 e. The number of halogens is 2. The Morgan fingerprint density at radius 1 is 0.720 bits per heavy atom. The molecule has 0 saturated carbocycles. The van der Waals surface area contributed by atoms with Gasteiger partial charge in [-0.2, -0.15) is 0 Å². The third kappa shape index (κ3) is 4.29. The average molecular weight is 338 g/mol. The molecule has 25 heavy (non-hydrogen) atoms. The highest BCUT2D eigenvalue weighted by atomic mass is 19.1. The summed E-state index contributed by atoms with van der Waals surface area (Å²) in [5.74, 6) is -1.60. The van der Waals surface area contributed by atoms with Crippen LogP contribution in [0.25, 0.3) is 0 Å². The minimum absolute atomic E-state index is 0.208. The van der Waals surface area contributed by atoms with Gasteiger partial charge in [-0.05, 0) is 71.5 Å². The fourth-order valence-electron chi connectivity index (χ4n) is 2.74. The number of hydrogen-bond acceptors (Lipinski definition) is 1. The minimum atomic E-state index is -0.992. The van der Waals surface area contributed by atoms with E-state index in [9.17, 15) is 18.7 Å². The molecular weight excluding hydrogens is 322 g/mol. The molecule has 126 valence electrons. The van der Waals surface area contributed by atoms with Crippen molar-refractivity contribution in [2.24, 2.45) is 0 Å². The Labute approximate surface area is 144 Å². The summed E-state index contributed by atoms with van der Waals surface area (Å²) in [6.07, 6.45) is 1.06. The molecule has 3 rings (SSSR count). The Kier molecular flexibility index (Phi) is 4.89. The lowest BCUT2D eigenvalue weighted by Crippen LogP contribution is -2.03. The molecule has 0 aliphatic carbocycles. The molecular formula is C21H16F2O2. The van der Waals surface area contributed by atoms with Crippen molar-refractivity contribution < 1.29 is 18.7 Å². The normalized spacial score (nSPS) is 10.6. The van der Waals surface area contributed by atoms with Gasteiger partial charge in [0, 0.05) is 0 Å². The van der Waals surface area contributed by atoms with Gasteiger partial charge in [0.1, 0.15) is 11.6 Å². The summed E-state index contributed by atoms with van der Waals surface area (Å²) < 4.78 is 26.2. The van der Waals surface area contributed by atoms with Gasteiger partial charge in [-0.1, -0.05) is 30.3 Å². The first kappa shape index (κ1) is 16.8. The van der Waals surface area contributed by atoms with Crippen LogP contribution in [0.3, 0.4) is 0 Å².